The van der Waals surface area contributed by atoms with Crippen LogP contribution in [0.2, 0.25) is 0 Å². The third-order valence-corrected chi connectivity index (χ3v) is 5.14. The zero-order valence-corrected chi connectivity index (χ0v) is 23.8. The summed E-state index contributed by atoms with van der Waals surface area (Å²) in [6.07, 6.45) is 8.79. The molecule has 0 saturated heterocycles. The SMILES string of the molecule is C=C(C)C(=O)OCCOCCOCCOCCOCCOCCOCCOC(=O)CCCCCCCCC. The molecule has 0 radical (unpaired) electrons. The van der Waals surface area contributed by atoms with Crippen LogP contribution in [0.3, 0.4) is 0 Å². The minimum atomic E-state index is -0.412. The summed E-state index contributed by atoms with van der Waals surface area (Å²) in [5, 5.41) is 0. The number of esters is 2. The van der Waals surface area contributed by atoms with Crippen molar-refractivity contribution in [3.05, 3.63) is 12.2 Å². The Bertz CT molecular complexity index is 556. The fourth-order valence-corrected chi connectivity index (χ4v) is 3.03. The number of hydrogen-bond donors (Lipinski definition) is 0. The molecule has 0 fully saturated rings. The molecule has 10 heteroatoms. The normalized spacial score (nSPS) is 11.0. The number of ether oxygens (including phenoxy) is 8. The van der Waals surface area contributed by atoms with Crippen molar-refractivity contribution in [3.63, 3.8) is 0 Å². The zero-order valence-electron chi connectivity index (χ0n) is 23.8. The van der Waals surface area contributed by atoms with Crippen molar-refractivity contribution < 1.29 is 47.5 Å². The van der Waals surface area contributed by atoms with Crippen molar-refractivity contribution in [1.82, 2.24) is 0 Å². The van der Waals surface area contributed by atoms with Crippen molar-refractivity contribution in [3.8, 4) is 0 Å². The van der Waals surface area contributed by atoms with Crippen LogP contribution in [0.5, 0.6) is 0 Å². The van der Waals surface area contributed by atoms with Crippen LogP contribution in [-0.4, -0.2) is 104 Å². The summed E-state index contributed by atoms with van der Waals surface area (Å²) in [5.74, 6) is -0.557. The van der Waals surface area contributed by atoms with Gasteiger partial charge >= 0.3 is 11.9 Å². The van der Waals surface area contributed by atoms with E-state index >= 15 is 0 Å². The Labute approximate surface area is 229 Å². The molecule has 0 spiro atoms. The average molecular weight is 549 g/mol. The number of unbranched alkanes of at least 4 members (excludes halogenated alkanes) is 6. The van der Waals surface area contributed by atoms with Gasteiger partial charge in [-0.3, -0.25) is 4.79 Å². The summed E-state index contributed by atoms with van der Waals surface area (Å²) in [6, 6.07) is 0. The standard InChI is InChI=1S/C28H52O10/c1-4-5-6-7-8-9-10-11-27(29)37-24-22-35-20-18-33-16-14-31-12-13-32-15-17-34-19-21-36-23-25-38-28(30)26(2)3/h2,4-25H2,1,3H3. The third kappa shape index (κ3) is 29.0. The van der Waals surface area contributed by atoms with Gasteiger partial charge in [0.05, 0.1) is 79.3 Å². The van der Waals surface area contributed by atoms with Crippen molar-refractivity contribution in [2.45, 2.75) is 65.2 Å². The van der Waals surface area contributed by atoms with E-state index in [2.05, 4.69) is 13.5 Å². The van der Waals surface area contributed by atoms with Crippen LogP contribution >= 0.6 is 0 Å². The minimum Gasteiger partial charge on any atom is -0.463 e. The van der Waals surface area contributed by atoms with Gasteiger partial charge in [-0.05, 0) is 13.3 Å². The van der Waals surface area contributed by atoms with Gasteiger partial charge < -0.3 is 37.9 Å². The molecule has 0 N–H and O–H groups in total. The Morgan fingerprint density at radius 3 is 1.24 bits per heavy atom. The molecule has 38 heavy (non-hydrogen) atoms. The summed E-state index contributed by atoms with van der Waals surface area (Å²) >= 11 is 0. The van der Waals surface area contributed by atoms with Gasteiger partial charge in [-0.1, -0.05) is 52.0 Å². The molecule has 10 nitrogen and oxygen atoms in total. The first-order chi connectivity index (χ1) is 18.6. The van der Waals surface area contributed by atoms with Crippen LogP contribution in [-0.2, 0) is 47.5 Å². The summed E-state index contributed by atoms with van der Waals surface area (Å²) < 4.78 is 42.4. The van der Waals surface area contributed by atoms with Gasteiger partial charge in [-0.2, -0.15) is 0 Å². The van der Waals surface area contributed by atoms with E-state index in [0.29, 0.717) is 91.3 Å². The molecule has 224 valence electrons. The summed E-state index contributed by atoms with van der Waals surface area (Å²) in [7, 11) is 0. The van der Waals surface area contributed by atoms with Crippen LogP contribution in [0.1, 0.15) is 65.2 Å². The second-order valence-electron chi connectivity index (χ2n) is 8.68. The highest BCUT2D eigenvalue weighted by Crippen LogP contribution is 2.08. The molecule has 0 atom stereocenters. The molecule has 0 saturated carbocycles. The molecule has 0 aliphatic carbocycles. The van der Waals surface area contributed by atoms with Crippen LogP contribution in [0.25, 0.3) is 0 Å². The molecular formula is C28H52O10. The van der Waals surface area contributed by atoms with E-state index in [0.717, 1.165) is 12.8 Å². The first-order valence-electron chi connectivity index (χ1n) is 14.0. The van der Waals surface area contributed by atoms with E-state index in [1.165, 1.54) is 32.1 Å². The van der Waals surface area contributed by atoms with Gasteiger partial charge in [0.1, 0.15) is 13.2 Å². The van der Waals surface area contributed by atoms with Crippen LogP contribution in [0.15, 0.2) is 12.2 Å². The number of hydrogen-bond acceptors (Lipinski definition) is 10. The van der Waals surface area contributed by atoms with Gasteiger partial charge in [-0.15, -0.1) is 0 Å². The molecule has 0 amide bonds. The predicted molar refractivity (Wildman–Crippen MR) is 144 cm³/mol. The molecule has 0 rings (SSSR count). The Morgan fingerprint density at radius 1 is 0.500 bits per heavy atom. The predicted octanol–water partition coefficient (Wildman–Crippen LogP) is 3.89. The van der Waals surface area contributed by atoms with Crippen LogP contribution in [0, 0.1) is 0 Å². The molecule has 0 aromatic heterocycles. The second kappa shape index (κ2) is 30.0. The lowest BCUT2D eigenvalue weighted by Gasteiger charge is -2.09. The third-order valence-electron chi connectivity index (χ3n) is 5.14. The highest BCUT2D eigenvalue weighted by molar-refractivity contribution is 5.86. The highest BCUT2D eigenvalue weighted by atomic mass is 16.6. The maximum Gasteiger partial charge on any atom is 0.333 e. The summed E-state index contributed by atoms with van der Waals surface area (Å²) in [5.41, 5.74) is 0.370. The Morgan fingerprint density at radius 2 is 0.842 bits per heavy atom. The molecular weight excluding hydrogens is 496 g/mol. The van der Waals surface area contributed by atoms with Gasteiger partial charge in [0, 0.05) is 12.0 Å². The number of carbonyl (C=O) groups is 2. The summed E-state index contributed by atoms with van der Waals surface area (Å²) in [6.45, 7) is 13.1. The second-order valence-corrected chi connectivity index (χ2v) is 8.68. The quantitative estimate of drug-likeness (QED) is 0.0745. The lowest BCUT2D eigenvalue weighted by molar-refractivity contribution is -0.145. The fourth-order valence-electron chi connectivity index (χ4n) is 3.03. The van der Waals surface area contributed by atoms with Gasteiger partial charge in [0.2, 0.25) is 0 Å². The van der Waals surface area contributed by atoms with Gasteiger partial charge in [0.25, 0.3) is 0 Å². The van der Waals surface area contributed by atoms with Gasteiger partial charge in [0.15, 0.2) is 0 Å². The highest BCUT2D eigenvalue weighted by Gasteiger charge is 2.03. The fraction of sp³-hybridized carbons (Fsp3) is 0.857. The number of carbonyl (C=O) groups excluding carboxylic acids is 2. The van der Waals surface area contributed by atoms with Gasteiger partial charge in [-0.25, -0.2) is 4.79 Å². The number of rotatable bonds is 30. The van der Waals surface area contributed by atoms with E-state index < -0.39 is 5.97 Å². The zero-order chi connectivity index (χ0) is 27.9. The van der Waals surface area contributed by atoms with Crippen molar-refractivity contribution in [1.29, 1.82) is 0 Å². The first-order valence-corrected chi connectivity index (χ1v) is 14.0. The largest absolute Gasteiger partial charge is 0.463 e. The molecule has 0 bridgehead atoms. The van der Waals surface area contributed by atoms with E-state index in [-0.39, 0.29) is 19.2 Å². The summed E-state index contributed by atoms with van der Waals surface area (Å²) in [4.78, 5) is 22.8. The molecule has 0 aliphatic heterocycles. The van der Waals surface area contributed by atoms with Crippen LogP contribution < -0.4 is 0 Å². The Hall–Kier alpha value is -1.56. The smallest absolute Gasteiger partial charge is 0.333 e. The average Bonchev–Trinajstić information content (AvgIpc) is 2.90. The van der Waals surface area contributed by atoms with Crippen molar-refractivity contribution >= 4 is 11.9 Å². The first kappa shape index (κ1) is 36.4. The molecule has 0 aliphatic rings. The van der Waals surface area contributed by atoms with E-state index in [1.54, 1.807) is 6.92 Å². The van der Waals surface area contributed by atoms with Crippen LogP contribution in [0.4, 0.5) is 0 Å². The molecule has 0 heterocycles. The monoisotopic (exact) mass is 548 g/mol. The van der Waals surface area contributed by atoms with Crippen molar-refractivity contribution in [2.75, 3.05) is 92.5 Å². The topological polar surface area (TPSA) is 108 Å². The molecule has 0 unspecified atom stereocenters. The maximum atomic E-state index is 11.7. The maximum absolute atomic E-state index is 11.7. The Balaban J connectivity index is 3.15. The lowest BCUT2D eigenvalue weighted by Crippen LogP contribution is -2.15. The molecule has 0 aromatic rings. The van der Waals surface area contributed by atoms with E-state index in [9.17, 15) is 9.59 Å². The lowest BCUT2D eigenvalue weighted by atomic mass is 10.1. The van der Waals surface area contributed by atoms with E-state index in [1.807, 2.05) is 0 Å². The van der Waals surface area contributed by atoms with E-state index in [4.69, 9.17) is 37.9 Å². The minimum absolute atomic E-state index is 0.144. The van der Waals surface area contributed by atoms with Crippen molar-refractivity contribution in [2.24, 2.45) is 0 Å². The Kier molecular flexibility index (Phi) is 28.8. The molecule has 0 aromatic carbocycles.